The fraction of sp³-hybridized carbons (Fsp3) is 0.500. The van der Waals surface area contributed by atoms with E-state index in [2.05, 4.69) is 5.32 Å². The molecule has 1 aromatic carbocycles. The summed E-state index contributed by atoms with van der Waals surface area (Å²) in [5.41, 5.74) is 0.690. The summed E-state index contributed by atoms with van der Waals surface area (Å²) >= 11 is 0. The van der Waals surface area contributed by atoms with Crippen LogP contribution in [0.4, 0.5) is 5.69 Å². The van der Waals surface area contributed by atoms with Gasteiger partial charge in [0, 0.05) is 12.6 Å². The Morgan fingerprint density at radius 1 is 1.10 bits per heavy atom. The second-order valence-electron chi connectivity index (χ2n) is 4.84. The number of carbonyl (C=O) groups is 2. The maximum atomic E-state index is 10.5. The van der Waals surface area contributed by atoms with E-state index in [1.54, 1.807) is 12.1 Å². The number of hydrogen-bond donors (Lipinski definition) is 3. The van der Waals surface area contributed by atoms with Gasteiger partial charge in [-0.25, -0.2) is 0 Å². The first-order valence-corrected chi connectivity index (χ1v) is 7.20. The molecule has 5 nitrogen and oxygen atoms in total. The van der Waals surface area contributed by atoms with Gasteiger partial charge in [0.2, 0.25) is 5.91 Å². The standard InChI is InChI=1S/C8H9NO2.C8H16O2/c1-6(10)9-7-2-4-8(11)5-3-7;1-3-5-7(6-4-2)8(9)10/h2-5,11H,1H3,(H,9,10);7H,3-6H2,1-2H3,(H,9,10). The Bertz CT molecular complexity index is 422. The molecule has 1 aromatic rings. The highest BCUT2D eigenvalue weighted by Gasteiger charge is 2.13. The van der Waals surface area contributed by atoms with E-state index in [-0.39, 0.29) is 17.6 Å². The summed E-state index contributed by atoms with van der Waals surface area (Å²) in [5, 5.41) is 20.1. The zero-order valence-corrected chi connectivity index (χ0v) is 12.9. The van der Waals surface area contributed by atoms with Crippen molar-refractivity contribution < 1.29 is 19.8 Å². The smallest absolute Gasteiger partial charge is 0.306 e. The largest absolute Gasteiger partial charge is 0.508 e. The molecule has 1 amide bonds. The van der Waals surface area contributed by atoms with Crippen LogP contribution in [0.1, 0.15) is 46.5 Å². The molecular formula is C16H25NO4. The SMILES string of the molecule is CC(=O)Nc1ccc(O)cc1.CCCC(CCC)C(=O)O. The molecule has 0 spiro atoms. The molecule has 3 N–H and O–H groups in total. The number of carbonyl (C=O) groups excluding carboxylic acids is 1. The number of aromatic hydroxyl groups is 1. The van der Waals surface area contributed by atoms with Crippen molar-refractivity contribution in [2.75, 3.05) is 5.32 Å². The minimum absolute atomic E-state index is 0.102. The number of anilines is 1. The molecule has 0 saturated carbocycles. The van der Waals surface area contributed by atoms with E-state index in [4.69, 9.17) is 10.2 Å². The second-order valence-corrected chi connectivity index (χ2v) is 4.84. The van der Waals surface area contributed by atoms with Crippen LogP contribution in [0.15, 0.2) is 24.3 Å². The number of hydrogen-bond acceptors (Lipinski definition) is 3. The Kier molecular flexibility index (Phi) is 9.67. The monoisotopic (exact) mass is 295 g/mol. The Morgan fingerprint density at radius 2 is 1.57 bits per heavy atom. The highest BCUT2D eigenvalue weighted by Crippen LogP contribution is 2.13. The van der Waals surface area contributed by atoms with Gasteiger partial charge in [-0.3, -0.25) is 9.59 Å². The predicted molar refractivity (Wildman–Crippen MR) is 83.4 cm³/mol. The topological polar surface area (TPSA) is 86.6 Å². The lowest BCUT2D eigenvalue weighted by Gasteiger charge is -2.07. The molecule has 0 bridgehead atoms. The Balaban J connectivity index is 0.000000384. The molecule has 21 heavy (non-hydrogen) atoms. The molecule has 0 aliphatic carbocycles. The number of carboxylic acid groups (broad SMARTS) is 1. The van der Waals surface area contributed by atoms with Gasteiger partial charge in [-0.05, 0) is 37.1 Å². The number of aliphatic carboxylic acids is 1. The Labute approximate surface area is 126 Å². The Hall–Kier alpha value is -2.04. The lowest BCUT2D eigenvalue weighted by molar-refractivity contribution is -0.142. The van der Waals surface area contributed by atoms with Crippen molar-refractivity contribution in [1.82, 2.24) is 0 Å². The number of phenolic OH excluding ortho intramolecular Hbond substituents is 1. The van der Waals surface area contributed by atoms with Gasteiger partial charge in [0.15, 0.2) is 0 Å². The van der Waals surface area contributed by atoms with Crippen LogP contribution in [-0.2, 0) is 9.59 Å². The van der Waals surface area contributed by atoms with E-state index in [9.17, 15) is 9.59 Å². The summed E-state index contributed by atoms with van der Waals surface area (Å²) in [6.45, 7) is 5.48. The summed E-state index contributed by atoms with van der Waals surface area (Å²) < 4.78 is 0. The van der Waals surface area contributed by atoms with Crippen LogP contribution in [-0.4, -0.2) is 22.1 Å². The normalized spacial score (nSPS) is 9.71. The lowest BCUT2D eigenvalue weighted by atomic mass is 9.99. The van der Waals surface area contributed by atoms with Crippen molar-refractivity contribution in [3.8, 4) is 5.75 Å². The van der Waals surface area contributed by atoms with Gasteiger partial charge in [-0.2, -0.15) is 0 Å². The van der Waals surface area contributed by atoms with E-state index < -0.39 is 5.97 Å². The van der Waals surface area contributed by atoms with Crippen molar-refractivity contribution in [2.45, 2.75) is 46.5 Å². The third-order valence-electron chi connectivity index (χ3n) is 2.81. The van der Waals surface area contributed by atoms with Gasteiger partial charge in [0.1, 0.15) is 5.75 Å². The van der Waals surface area contributed by atoms with Crippen molar-refractivity contribution in [1.29, 1.82) is 0 Å². The van der Waals surface area contributed by atoms with Crippen LogP contribution in [0.3, 0.4) is 0 Å². The summed E-state index contributed by atoms with van der Waals surface area (Å²) in [5.74, 6) is -0.659. The molecule has 0 fully saturated rings. The van der Waals surface area contributed by atoms with Crippen molar-refractivity contribution in [2.24, 2.45) is 5.92 Å². The molecule has 0 unspecified atom stereocenters. The van der Waals surface area contributed by atoms with Crippen molar-refractivity contribution in [3.05, 3.63) is 24.3 Å². The van der Waals surface area contributed by atoms with E-state index in [0.717, 1.165) is 25.7 Å². The number of amides is 1. The third-order valence-corrected chi connectivity index (χ3v) is 2.81. The van der Waals surface area contributed by atoms with Gasteiger partial charge >= 0.3 is 5.97 Å². The van der Waals surface area contributed by atoms with E-state index in [1.807, 2.05) is 13.8 Å². The van der Waals surface area contributed by atoms with Crippen LogP contribution >= 0.6 is 0 Å². The summed E-state index contributed by atoms with van der Waals surface area (Å²) in [6.07, 6.45) is 3.58. The van der Waals surface area contributed by atoms with E-state index >= 15 is 0 Å². The molecule has 5 heteroatoms. The van der Waals surface area contributed by atoms with Crippen LogP contribution in [0, 0.1) is 5.92 Å². The highest BCUT2D eigenvalue weighted by atomic mass is 16.4. The van der Waals surface area contributed by atoms with Crippen molar-refractivity contribution >= 4 is 17.6 Å². The fourth-order valence-electron chi connectivity index (χ4n) is 1.84. The fourth-order valence-corrected chi connectivity index (χ4v) is 1.84. The highest BCUT2D eigenvalue weighted by molar-refractivity contribution is 5.88. The summed E-state index contributed by atoms with van der Waals surface area (Å²) in [7, 11) is 0. The van der Waals surface area contributed by atoms with E-state index in [0.29, 0.717) is 5.69 Å². The molecule has 0 radical (unpaired) electrons. The lowest BCUT2D eigenvalue weighted by Crippen LogP contribution is -2.12. The number of carboxylic acids is 1. The van der Waals surface area contributed by atoms with Gasteiger partial charge in [0.05, 0.1) is 5.92 Å². The Morgan fingerprint density at radius 3 is 1.90 bits per heavy atom. The zero-order valence-electron chi connectivity index (χ0n) is 12.9. The molecule has 0 aromatic heterocycles. The minimum Gasteiger partial charge on any atom is -0.508 e. The molecular weight excluding hydrogens is 270 g/mol. The maximum absolute atomic E-state index is 10.5. The van der Waals surface area contributed by atoms with Crippen LogP contribution in [0.2, 0.25) is 0 Å². The minimum atomic E-state index is -0.635. The van der Waals surface area contributed by atoms with Gasteiger partial charge in [0.25, 0.3) is 0 Å². The van der Waals surface area contributed by atoms with Crippen LogP contribution < -0.4 is 5.32 Å². The zero-order chi connectivity index (χ0) is 16.3. The molecule has 0 aliphatic rings. The average molecular weight is 295 g/mol. The molecule has 118 valence electrons. The van der Waals surface area contributed by atoms with Crippen LogP contribution in [0.25, 0.3) is 0 Å². The van der Waals surface area contributed by atoms with Crippen molar-refractivity contribution in [3.63, 3.8) is 0 Å². The first-order valence-electron chi connectivity index (χ1n) is 7.20. The van der Waals surface area contributed by atoms with Gasteiger partial charge in [-0.15, -0.1) is 0 Å². The number of rotatable bonds is 6. The first-order chi connectivity index (χ1) is 9.90. The number of benzene rings is 1. The van der Waals surface area contributed by atoms with Crippen LogP contribution in [0.5, 0.6) is 5.75 Å². The quantitative estimate of drug-likeness (QED) is 0.699. The average Bonchev–Trinajstić information content (AvgIpc) is 2.41. The predicted octanol–water partition coefficient (Wildman–Crippen LogP) is 3.64. The third kappa shape index (κ3) is 9.49. The first kappa shape index (κ1) is 19.0. The molecule has 0 heterocycles. The summed E-state index contributed by atoms with van der Waals surface area (Å²) in [4.78, 5) is 21.0. The second kappa shape index (κ2) is 10.7. The molecule has 0 atom stereocenters. The number of phenols is 1. The van der Waals surface area contributed by atoms with Gasteiger partial charge < -0.3 is 15.5 Å². The van der Waals surface area contributed by atoms with E-state index in [1.165, 1.54) is 19.1 Å². The maximum Gasteiger partial charge on any atom is 0.306 e. The number of nitrogens with one attached hydrogen (secondary N) is 1. The van der Waals surface area contributed by atoms with Gasteiger partial charge in [-0.1, -0.05) is 26.7 Å². The molecule has 0 aliphatic heterocycles. The molecule has 1 rings (SSSR count). The summed E-state index contributed by atoms with van der Waals surface area (Å²) in [6, 6.07) is 6.31. The molecule has 0 saturated heterocycles.